The number of amides is 2. The summed E-state index contributed by atoms with van der Waals surface area (Å²) in [6.45, 7) is 2.21. The average molecular weight is 331 g/mol. The summed E-state index contributed by atoms with van der Waals surface area (Å²) in [7, 11) is 0. The lowest BCUT2D eigenvalue weighted by atomic mass is 9.73. The number of anilines is 1. The topological polar surface area (TPSA) is 74.2 Å². The van der Waals surface area contributed by atoms with Gasteiger partial charge in [-0.2, -0.15) is 13.2 Å². The number of aromatic nitrogens is 1. The molecule has 1 aromatic heterocycles. The predicted molar refractivity (Wildman–Crippen MR) is 78.8 cm³/mol. The number of hydrogen-bond donors (Lipinski definition) is 3. The van der Waals surface area contributed by atoms with E-state index < -0.39 is 24.0 Å². The van der Waals surface area contributed by atoms with E-state index in [1.807, 2.05) is 6.92 Å². The molecule has 1 saturated carbocycles. The van der Waals surface area contributed by atoms with Crippen LogP contribution in [0.3, 0.4) is 0 Å². The highest BCUT2D eigenvalue weighted by Gasteiger charge is 2.35. The van der Waals surface area contributed by atoms with E-state index in [1.165, 1.54) is 0 Å². The number of alkyl halides is 3. The molecule has 128 valence electrons. The summed E-state index contributed by atoms with van der Waals surface area (Å²) >= 11 is 0. The van der Waals surface area contributed by atoms with Crippen molar-refractivity contribution in [1.82, 2.24) is 10.3 Å². The molecule has 0 bridgehead atoms. The Kier molecular flexibility index (Phi) is 5.13. The van der Waals surface area contributed by atoms with Crippen molar-refractivity contribution in [3.8, 4) is 0 Å². The Labute approximate surface area is 132 Å². The lowest BCUT2D eigenvalue weighted by Crippen LogP contribution is -2.46. The average Bonchev–Trinajstić information content (AvgIpc) is 2.48. The molecule has 8 heteroatoms. The van der Waals surface area contributed by atoms with Gasteiger partial charge in [0.15, 0.2) is 0 Å². The second kappa shape index (κ2) is 6.74. The molecule has 1 aliphatic rings. The SMILES string of the molecule is CC1(CNC(=O)Nc2ccc(C(F)(F)F)nc2)CCCCC1O. The normalized spacial score (nSPS) is 25.0. The van der Waals surface area contributed by atoms with Gasteiger partial charge in [0.1, 0.15) is 5.69 Å². The lowest BCUT2D eigenvalue weighted by molar-refractivity contribution is -0.141. The molecule has 1 heterocycles. The van der Waals surface area contributed by atoms with E-state index in [0.29, 0.717) is 13.0 Å². The van der Waals surface area contributed by atoms with Crippen molar-refractivity contribution in [2.75, 3.05) is 11.9 Å². The highest BCUT2D eigenvalue weighted by Crippen LogP contribution is 2.35. The number of pyridine rings is 1. The molecule has 1 fully saturated rings. The smallest absolute Gasteiger partial charge is 0.392 e. The number of hydrogen-bond acceptors (Lipinski definition) is 3. The highest BCUT2D eigenvalue weighted by molar-refractivity contribution is 5.89. The first-order valence-corrected chi connectivity index (χ1v) is 7.47. The minimum atomic E-state index is -4.51. The molecule has 0 radical (unpaired) electrons. The van der Waals surface area contributed by atoms with Gasteiger partial charge in [-0.3, -0.25) is 0 Å². The zero-order chi connectivity index (χ0) is 17.1. The molecule has 3 N–H and O–H groups in total. The monoisotopic (exact) mass is 331 g/mol. The third-order valence-electron chi connectivity index (χ3n) is 4.24. The molecule has 5 nitrogen and oxygen atoms in total. The minimum absolute atomic E-state index is 0.171. The first-order chi connectivity index (χ1) is 10.7. The number of carbonyl (C=O) groups is 1. The first kappa shape index (κ1) is 17.5. The van der Waals surface area contributed by atoms with Gasteiger partial charge in [0.05, 0.1) is 18.0 Å². The second-order valence-corrected chi connectivity index (χ2v) is 6.15. The van der Waals surface area contributed by atoms with Crippen molar-refractivity contribution < 1.29 is 23.1 Å². The van der Waals surface area contributed by atoms with Crippen molar-refractivity contribution in [3.63, 3.8) is 0 Å². The third-order valence-corrected chi connectivity index (χ3v) is 4.24. The zero-order valence-corrected chi connectivity index (χ0v) is 12.8. The molecule has 2 unspecified atom stereocenters. The van der Waals surface area contributed by atoms with Crippen LogP contribution in [-0.2, 0) is 6.18 Å². The minimum Gasteiger partial charge on any atom is -0.392 e. The molecule has 0 saturated heterocycles. The number of aliphatic hydroxyl groups excluding tert-OH is 1. The summed E-state index contributed by atoms with van der Waals surface area (Å²) in [5.74, 6) is 0. The maximum absolute atomic E-state index is 12.4. The second-order valence-electron chi connectivity index (χ2n) is 6.15. The van der Waals surface area contributed by atoms with E-state index in [2.05, 4.69) is 15.6 Å². The van der Waals surface area contributed by atoms with Crippen LogP contribution in [0.4, 0.5) is 23.7 Å². The predicted octanol–water partition coefficient (Wildman–Crippen LogP) is 3.16. The first-order valence-electron chi connectivity index (χ1n) is 7.47. The number of rotatable bonds is 3. The number of aliphatic hydroxyl groups is 1. The molecule has 2 rings (SSSR count). The van der Waals surface area contributed by atoms with E-state index in [0.717, 1.165) is 37.6 Å². The fourth-order valence-electron chi connectivity index (χ4n) is 2.68. The molecule has 2 atom stereocenters. The third kappa shape index (κ3) is 4.57. The van der Waals surface area contributed by atoms with Gasteiger partial charge in [-0.25, -0.2) is 9.78 Å². The lowest BCUT2D eigenvalue weighted by Gasteiger charge is -2.38. The van der Waals surface area contributed by atoms with E-state index in [4.69, 9.17) is 0 Å². The molecule has 0 aliphatic heterocycles. The number of carbonyl (C=O) groups excluding carboxylic acids is 1. The van der Waals surface area contributed by atoms with Gasteiger partial charge in [0.2, 0.25) is 0 Å². The van der Waals surface area contributed by atoms with Crippen LogP contribution in [0.15, 0.2) is 18.3 Å². The Hall–Kier alpha value is -1.83. The van der Waals surface area contributed by atoms with Crippen LogP contribution < -0.4 is 10.6 Å². The maximum atomic E-state index is 12.4. The zero-order valence-electron chi connectivity index (χ0n) is 12.8. The fourth-order valence-corrected chi connectivity index (χ4v) is 2.68. The summed E-state index contributed by atoms with van der Waals surface area (Å²) in [6, 6.07) is 1.42. The van der Waals surface area contributed by atoms with Crippen LogP contribution in [0.25, 0.3) is 0 Å². The molecule has 1 aromatic rings. The van der Waals surface area contributed by atoms with E-state index in [-0.39, 0.29) is 11.1 Å². The van der Waals surface area contributed by atoms with Crippen LogP contribution in [0.5, 0.6) is 0 Å². The summed E-state index contributed by atoms with van der Waals surface area (Å²) in [4.78, 5) is 15.1. The largest absolute Gasteiger partial charge is 0.433 e. The summed E-state index contributed by atoms with van der Waals surface area (Å²) in [5.41, 5.74) is -1.22. The van der Waals surface area contributed by atoms with Crippen LogP contribution in [0.2, 0.25) is 0 Å². The van der Waals surface area contributed by atoms with Crippen LogP contribution in [-0.4, -0.2) is 28.8 Å². The van der Waals surface area contributed by atoms with Gasteiger partial charge in [-0.15, -0.1) is 0 Å². The van der Waals surface area contributed by atoms with Crippen LogP contribution >= 0.6 is 0 Å². The summed E-state index contributed by atoms with van der Waals surface area (Å²) < 4.78 is 37.2. The number of nitrogens with zero attached hydrogens (tertiary/aromatic N) is 1. The highest BCUT2D eigenvalue weighted by atomic mass is 19.4. The number of halogens is 3. The molecular formula is C15H20F3N3O2. The van der Waals surface area contributed by atoms with Gasteiger partial charge >= 0.3 is 12.2 Å². The van der Waals surface area contributed by atoms with Crippen LogP contribution in [0, 0.1) is 5.41 Å². The van der Waals surface area contributed by atoms with E-state index in [1.54, 1.807) is 0 Å². The van der Waals surface area contributed by atoms with Gasteiger partial charge < -0.3 is 15.7 Å². The Morgan fingerprint density at radius 1 is 1.43 bits per heavy atom. The molecule has 2 amide bonds. The van der Waals surface area contributed by atoms with Crippen molar-refractivity contribution in [1.29, 1.82) is 0 Å². The Balaban J connectivity index is 1.87. The van der Waals surface area contributed by atoms with Gasteiger partial charge in [-0.1, -0.05) is 19.8 Å². The summed E-state index contributed by atoms with van der Waals surface area (Å²) in [5, 5.41) is 15.1. The number of nitrogens with one attached hydrogen (secondary N) is 2. The summed E-state index contributed by atoms with van der Waals surface area (Å²) in [6.07, 6.45) is -0.519. The van der Waals surface area contributed by atoms with Gasteiger partial charge in [-0.05, 0) is 25.0 Å². The Morgan fingerprint density at radius 2 is 2.17 bits per heavy atom. The Morgan fingerprint density at radius 3 is 2.74 bits per heavy atom. The molecule has 0 spiro atoms. The molecule has 1 aliphatic carbocycles. The number of urea groups is 1. The Bertz CT molecular complexity index is 548. The molecule has 23 heavy (non-hydrogen) atoms. The molecule has 0 aromatic carbocycles. The van der Waals surface area contributed by atoms with Gasteiger partial charge in [0.25, 0.3) is 0 Å². The van der Waals surface area contributed by atoms with E-state index >= 15 is 0 Å². The van der Waals surface area contributed by atoms with Crippen molar-refractivity contribution in [2.45, 2.75) is 44.9 Å². The molecular weight excluding hydrogens is 311 g/mol. The van der Waals surface area contributed by atoms with E-state index in [9.17, 15) is 23.1 Å². The van der Waals surface area contributed by atoms with Crippen LogP contribution in [0.1, 0.15) is 38.3 Å². The fraction of sp³-hybridized carbons (Fsp3) is 0.600. The standard InChI is InChI=1S/C15H20F3N3O2/c1-14(7-3-2-4-12(14)22)9-20-13(23)21-10-5-6-11(19-8-10)15(16,17)18/h5-6,8,12,22H,2-4,7,9H2,1H3,(H2,20,21,23). The van der Waals surface area contributed by atoms with Crippen molar-refractivity contribution >= 4 is 11.7 Å². The van der Waals surface area contributed by atoms with Crippen molar-refractivity contribution in [3.05, 3.63) is 24.0 Å². The maximum Gasteiger partial charge on any atom is 0.433 e. The van der Waals surface area contributed by atoms with Gasteiger partial charge in [0, 0.05) is 12.0 Å². The quantitative estimate of drug-likeness (QED) is 0.796. The van der Waals surface area contributed by atoms with Crippen molar-refractivity contribution in [2.24, 2.45) is 5.41 Å².